The summed E-state index contributed by atoms with van der Waals surface area (Å²) in [6.45, 7) is 1.13. The first kappa shape index (κ1) is 14.0. The maximum absolute atomic E-state index is 11.6. The van der Waals surface area contributed by atoms with Crippen LogP contribution in [0.1, 0.15) is 35.4 Å². The Morgan fingerprint density at radius 3 is 3.00 bits per heavy atom. The molecule has 1 unspecified atom stereocenters. The number of piperidine rings is 1. The summed E-state index contributed by atoms with van der Waals surface area (Å²) in [5, 5.41) is 8.46. The van der Waals surface area contributed by atoms with Gasteiger partial charge in [0.15, 0.2) is 5.65 Å². The van der Waals surface area contributed by atoms with Crippen LogP contribution in [0.15, 0.2) is 18.3 Å². The largest absolute Gasteiger partial charge is 0.465 e. The van der Waals surface area contributed by atoms with Crippen LogP contribution in [-0.2, 0) is 11.2 Å². The maximum Gasteiger partial charge on any atom is 0.339 e. The van der Waals surface area contributed by atoms with Gasteiger partial charge in [0, 0.05) is 18.7 Å². The summed E-state index contributed by atoms with van der Waals surface area (Å²) in [7, 11) is 3.55. The molecule has 1 saturated heterocycles. The van der Waals surface area contributed by atoms with E-state index < -0.39 is 0 Å². The lowest BCUT2D eigenvalue weighted by Gasteiger charge is -2.31. The van der Waals surface area contributed by atoms with Crippen molar-refractivity contribution in [2.75, 3.05) is 20.7 Å². The van der Waals surface area contributed by atoms with Gasteiger partial charge in [-0.3, -0.25) is 4.40 Å². The van der Waals surface area contributed by atoms with E-state index >= 15 is 0 Å². The predicted octanol–water partition coefficient (Wildman–Crippen LogP) is 1.54. The van der Waals surface area contributed by atoms with Crippen molar-refractivity contribution in [1.29, 1.82) is 0 Å². The molecule has 0 bridgehead atoms. The number of esters is 1. The highest BCUT2D eigenvalue weighted by molar-refractivity contribution is 5.89. The van der Waals surface area contributed by atoms with Gasteiger partial charge < -0.3 is 9.64 Å². The normalized spacial score (nSPS) is 19.8. The lowest BCUT2D eigenvalue weighted by atomic mass is 10.00. The number of likely N-dealkylation sites (tertiary alicyclic amines) is 1. The van der Waals surface area contributed by atoms with Crippen LogP contribution in [0.25, 0.3) is 5.65 Å². The second-order valence-electron chi connectivity index (χ2n) is 5.59. The molecule has 1 aliphatic heterocycles. The average molecular weight is 288 g/mol. The zero-order valence-corrected chi connectivity index (χ0v) is 12.5. The fourth-order valence-electron chi connectivity index (χ4n) is 2.93. The zero-order valence-electron chi connectivity index (χ0n) is 12.5. The quantitative estimate of drug-likeness (QED) is 0.802. The molecule has 2 aromatic rings. The molecule has 0 aromatic carbocycles. The molecule has 21 heavy (non-hydrogen) atoms. The van der Waals surface area contributed by atoms with Gasteiger partial charge in [0.05, 0.1) is 12.7 Å². The van der Waals surface area contributed by atoms with Crippen LogP contribution < -0.4 is 0 Å². The van der Waals surface area contributed by atoms with Gasteiger partial charge in [-0.25, -0.2) is 4.79 Å². The third kappa shape index (κ3) is 2.76. The van der Waals surface area contributed by atoms with Crippen LogP contribution in [0.4, 0.5) is 0 Å². The lowest BCUT2D eigenvalue weighted by molar-refractivity contribution is 0.0600. The standard InChI is InChI=1S/C15H20N4O2/c1-18-8-4-3-5-12(18)9-14-17-16-13-7-6-11(10-19(13)14)15(20)21-2/h6-7,10,12H,3-5,8-9H2,1-2H3. The van der Waals surface area contributed by atoms with Crippen LogP contribution >= 0.6 is 0 Å². The second kappa shape index (κ2) is 5.81. The number of nitrogens with zero attached hydrogens (tertiary/aromatic N) is 4. The highest BCUT2D eigenvalue weighted by atomic mass is 16.5. The van der Waals surface area contributed by atoms with Gasteiger partial charge in [-0.15, -0.1) is 10.2 Å². The highest BCUT2D eigenvalue weighted by Gasteiger charge is 2.21. The van der Waals surface area contributed by atoms with E-state index in [1.54, 1.807) is 18.3 Å². The lowest BCUT2D eigenvalue weighted by Crippen LogP contribution is -2.38. The number of methoxy groups -OCH3 is 1. The predicted molar refractivity (Wildman–Crippen MR) is 78.3 cm³/mol. The van der Waals surface area contributed by atoms with Crippen molar-refractivity contribution in [1.82, 2.24) is 19.5 Å². The SMILES string of the molecule is COC(=O)c1ccc2nnc(CC3CCCCN3C)n2c1. The van der Waals surface area contributed by atoms with Crippen LogP contribution in [0.5, 0.6) is 0 Å². The summed E-state index contributed by atoms with van der Waals surface area (Å²) < 4.78 is 6.66. The van der Waals surface area contributed by atoms with E-state index in [0.717, 1.165) is 24.4 Å². The van der Waals surface area contributed by atoms with Crippen LogP contribution in [0.3, 0.4) is 0 Å². The number of carbonyl (C=O) groups is 1. The molecular weight excluding hydrogens is 268 g/mol. The Morgan fingerprint density at radius 1 is 1.38 bits per heavy atom. The average Bonchev–Trinajstić information content (AvgIpc) is 2.91. The van der Waals surface area contributed by atoms with Gasteiger partial charge in [0.1, 0.15) is 5.82 Å². The first-order chi connectivity index (χ1) is 10.2. The topological polar surface area (TPSA) is 59.7 Å². The van der Waals surface area contributed by atoms with Gasteiger partial charge >= 0.3 is 5.97 Å². The van der Waals surface area contributed by atoms with Crippen molar-refractivity contribution in [3.63, 3.8) is 0 Å². The van der Waals surface area contributed by atoms with E-state index in [1.165, 1.54) is 26.4 Å². The first-order valence-corrected chi connectivity index (χ1v) is 7.31. The summed E-state index contributed by atoms with van der Waals surface area (Å²) in [4.78, 5) is 14.0. The Hall–Kier alpha value is -1.95. The Bertz CT molecular complexity index is 652. The van der Waals surface area contributed by atoms with Crippen LogP contribution in [0, 0.1) is 0 Å². The maximum atomic E-state index is 11.6. The molecule has 112 valence electrons. The summed E-state index contributed by atoms with van der Waals surface area (Å²) in [5.41, 5.74) is 1.28. The molecule has 3 rings (SSSR count). The van der Waals surface area contributed by atoms with E-state index in [2.05, 4.69) is 22.1 Å². The molecule has 0 spiro atoms. The number of hydrogen-bond donors (Lipinski definition) is 0. The number of fused-ring (bicyclic) bond motifs is 1. The Labute approximate surface area is 123 Å². The van der Waals surface area contributed by atoms with Crippen molar-refractivity contribution in [2.45, 2.75) is 31.7 Å². The van der Waals surface area contributed by atoms with Gasteiger partial charge in [-0.1, -0.05) is 6.42 Å². The van der Waals surface area contributed by atoms with E-state index in [-0.39, 0.29) is 5.97 Å². The smallest absolute Gasteiger partial charge is 0.339 e. The summed E-state index contributed by atoms with van der Waals surface area (Å²) in [6.07, 6.45) is 6.32. The molecule has 6 heteroatoms. The molecule has 1 aliphatic rings. The number of ether oxygens (including phenoxy) is 1. The van der Waals surface area contributed by atoms with Crippen molar-refractivity contribution < 1.29 is 9.53 Å². The van der Waals surface area contributed by atoms with Crippen LogP contribution in [-0.4, -0.2) is 52.2 Å². The van der Waals surface area contributed by atoms with Crippen molar-refractivity contribution in [3.8, 4) is 0 Å². The van der Waals surface area contributed by atoms with Gasteiger partial charge in [0.25, 0.3) is 0 Å². The van der Waals surface area contributed by atoms with Gasteiger partial charge in [0.2, 0.25) is 0 Å². The second-order valence-corrected chi connectivity index (χ2v) is 5.59. The molecule has 0 aliphatic carbocycles. The number of aromatic nitrogens is 3. The van der Waals surface area contributed by atoms with E-state index in [0.29, 0.717) is 11.6 Å². The molecule has 6 nitrogen and oxygen atoms in total. The number of hydrogen-bond acceptors (Lipinski definition) is 5. The Morgan fingerprint density at radius 2 is 2.24 bits per heavy atom. The molecule has 2 aromatic heterocycles. The fraction of sp³-hybridized carbons (Fsp3) is 0.533. The Kier molecular flexibility index (Phi) is 3.88. The van der Waals surface area contributed by atoms with E-state index in [4.69, 9.17) is 4.74 Å². The number of pyridine rings is 1. The minimum Gasteiger partial charge on any atom is -0.465 e. The minimum absolute atomic E-state index is 0.341. The summed E-state index contributed by atoms with van der Waals surface area (Å²) >= 11 is 0. The fourth-order valence-corrected chi connectivity index (χ4v) is 2.93. The molecule has 0 amide bonds. The Balaban J connectivity index is 1.89. The van der Waals surface area contributed by atoms with Gasteiger partial charge in [-0.05, 0) is 38.6 Å². The molecule has 0 radical (unpaired) electrons. The number of likely N-dealkylation sites (N-methyl/N-ethyl adjacent to an activating group) is 1. The molecule has 0 N–H and O–H groups in total. The molecular formula is C15H20N4O2. The number of rotatable bonds is 3. The summed E-state index contributed by atoms with van der Waals surface area (Å²) in [6, 6.07) is 4.01. The monoisotopic (exact) mass is 288 g/mol. The minimum atomic E-state index is -0.341. The van der Waals surface area contributed by atoms with Gasteiger partial charge in [-0.2, -0.15) is 0 Å². The van der Waals surface area contributed by atoms with Crippen molar-refractivity contribution in [3.05, 3.63) is 29.7 Å². The molecule has 3 heterocycles. The van der Waals surface area contributed by atoms with Crippen molar-refractivity contribution in [2.24, 2.45) is 0 Å². The zero-order chi connectivity index (χ0) is 14.8. The van der Waals surface area contributed by atoms with E-state index in [1.807, 2.05) is 4.40 Å². The van der Waals surface area contributed by atoms with Crippen molar-refractivity contribution >= 4 is 11.6 Å². The third-order valence-corrected chi connectivity index (χ3v) is 4.23. The molecule has 0 saturated carbocycles. The molecule has 1 fully saturated rings. The number of carbonyl (C=O) groups excluding carboxylic acids is 1. The summed E-state index contributed by atoms with van der Waals surface area (Å²) in [5.74, 6) is 0.556. The van der Waals surface area contributed by atoms with Crippen LogP contribution in [0.2, 0.25) is 0 Å². The third-order valence-electron chi connectivity index (χ3n) is 4.23. The van der Waals surface area contributed by atoms with E-state index in [9.17, 15) is 4.79 Å². The first-order valence-electron chi connectivity index (χ1n) is 7.31. The highest BCUT2D eigenvalue weighted by Crippen LogP contribution is 2.19. The molecule has 1 atom stereocenters.